The molecule has 0 fully saturated rings. The minimum atomic E-state index is -0.617. The smallest absolute Gasteiger partial charge is 0.123 e. The van der Waals surface area contributed by atoms with Crippen molar-refractivity contribution >= 4 is 23.5 Å². The van der Waals surface area contributed by atoms with Crippen LogP contribution in [-0.2, 0) is 0 Å². The second-order valence-electron chi connectivity index (χ2n) is 7.38. The van der Waals surface area contributed by atoms with Crippen LogP contribution in [0.5, 0.6) is 23.0 Å². The Morgan fingerprint density at radius 2 is 1.03 bits per heavy atom. The minimum Gasteiger partial charge on any atom is -0.497 e. The summed E-state index contributed by atoms with van der Waals surface area (Å²) >= 11 is 3.11. The Bertz CT molecular complexity index is 905. The fourth-order valence-corrected chi connectivity index (χ4v) is 4.48. The third-order valence-corrected chi connectivity index (χ3v) is 7.01. The van der Waals surface area contributed by atoms with E-state index in [4.69, 9.17) is 18.9 Å². The largest absolute Gasteiger partial charge is 0.497 e. The summed E-state index contributed by atoms with van der Waals surface area (Å²) in [6.07, 6.45) is -1.23. The van der Waals surface area contributed by atoms with E-state index < -0.39 is 12.2 Å². The molecule has 3 aromatic rings. The van der Waals surface area contributed by atoms with Crippen molar-refractivity contribution in [3.05, 3.63) is 72.8 Å². The topological polar surface area (TPSA) is 77.4 Å². The zero-order valence-electron chi connectivity index (χ0n) is 19.3. The van der Waals surface area contributed by atoms with Crippen LogP contribution in [0.2, 0.25) is 0 Å². The highest BCUT2D eigenvalue weighted by molar-refractivity contribution is 7.99. The number of rotatable bonds is 14. The van der Waals surface area contributed by atoms with Gasteiger partial charge in [0.1, 0.15) is 36.2 Å². The molecule has 0 amide bonds. The van der Waals surface area contributed by atoms with E-state index in [2.05, 4.69) is 0 Å². The van der Waals surface area contributed by atoms with Gasteiger partial charge in [-0.1, -0.05) is 6.07 Å². The SMILES string of the molecule is COc1ccc(SCC(O)COc2cccc(OCC(O)CSc3ccc(OC)cc3)c2)cc1. The number of benzene rings is 3. The number of ether oxygens (including phenoxy) is 4. The fourth-order valence-electron chi connectivity index (χ4n) is 2.86. The fraction of sp³-hybridized carbons (Fsp3) is 0.308. The van der Waals surface area contributed by atoms with Crippen LogP contribution in [0.15, 0.2) is 82.6 Å². The molecule has 2 atom stereocenters. The van der Waals surface area contributed by atoms with Gasteiger partial charge in [-0.2, -0.15) is 0 Å². The van der Waals surface area contributed by atoms with Crippen molar-refractivity contribution in [2.45, 2.75) is 22.0 Å². The van der Waals surface area contributed by atoms with Crippen molar-refractivity contribution < 1.29 is 29.2 Å². The second kappa shape index (κ2) is 14.0. The van der Waals surface area contributed by atoms with Crippen LogP contribution in [0.4, 0.5) is 0 Å². The number of hydrogen-bond donors (Lipinski definition) is 2. The molecule has 0 heterocycles. The van der Waals surface area contributed by atoms with Crippen LogP contribution < -0.4 is 18.9 Å². The number of aliphatic hydroxyl groups excluding tert-OH is 2. The van der Waals surface area contributed by atoms with Crippen LogP contribution in [-0.4, -0.2) is 61.4 Å². The summed E-state index contributed by atoms with van der Waals surface area (Å²) in [6, 6.07) is 22.6. The van der Waals surface area contributed by atoms with Gasteiger partial charge in [0.2, 0.25) is 0 Å². The highest BCUT2D eigenvalue weighted by Gasteiger charge is 2.10. The molecule has 2 unspecified atom stereocenters. The Hall–Kier alpha value is -2.52. The van der Waals surface area contributed by atoms with Crippen LogP contribution in [0.1, 0.15) is 0 Å². The first-order valence-electron chi connectivity index (χ1n) is 10.8. The molecule has 0 saturated carbocycles. The molecule has 0 aliphatic heterocycles. The summed E-state index contributed by atoms with van der Waals surface area (Å²) in [5.74, 6) is 3.85. The van der Waals surface area contributed by atoms with E-state index in [-0.39, 0.29) is 13.2 Å². The standard InChI is InChI=1S/C26H30O6S2/c1-29-21-6-10-25(11-7-21)33-17-19(27)15-31-23-4-3-5-24(14-23)32-16-20(28)18-34-26-12-8-22(30-2)9-13-26/h3-14,19-20,27-28H,15-18H2,1-2H3. The molecule has 0 saturated heterocycles. The van der Waals surface area contributed by atoms with E-state index in [1.165, 1.54) is 0 Å². The summed E-state index contributed by atoms with van der Waals surface area (Å²) in [6.45, 7) is 0.349. The molecular formula is C26H30O6S2. The molecule has 8 heteroatoms. The first kappa shape index (κ1) is 26.1. The molecule has 34 heavy (non-hydrogen) atoms. The first-order valence-corrected chi connectivity index (χ1v) is 12.8. The summed E-state index contributed by atoms with van der Waals surface area (Å²) in [4.78, 5) is 2.11. The van der Waals surface area contributed by atoms with Crippen LogP contribution >= 0.6 is 23.5 Å². The lowest BCUT2D eigenvalue weighted by Crippen LogP contribution is -2.20. The Labute approximate surface area is 209 Å². The maximum Gasteiger partial charge on any atom is 0.123 e. The molecule has 6 nitrogen and oxygen atoms in total. The van der Waals surface area contributed by atoms with Crippen LogP contribution in [0.25, 0.3) is 0 Å². The van der Waals surface area contributed by atoms with Gasteiger partial charge in [-0.15, -0.1) is 23.5 Å². The van der Waals surface area contributed by atoms with Gasteiger partial charge in [0.25, 0.3) is 0 Å². The minimum absolute atomic E-state index is 0.174. The van der Waals surface area contributed by atoms with Gasteiger partial charge in [-0.3, -0.25) is 0 Å². The molecule has 0 radical (unpaired) electrons. The van der Waals surface area contributed by atoms with Gasteiger partial charge in [0.15, 0.2) is 0 Å². The Balaban J connectivity index is 1.36. The third kappa shape index (κ3) is 9.02. The van der Waals surface area contributed by atoms with E-state index in [0.717, 1.165) is 21.3 Å². The molecule has 3 rings (SSSR count). The number of aliphatic hydroxyl groups is 2. The lowest BCUT2D eigenvalue weighted by Gasteiger charge is -2.15. The van der Waals surface area contributed by atoms with Crippen LogP contribution in [0.3, 0.4) is 0 Å². The highest BCUT2D eigenvalue weighted by atomic mass is 32.2. The maximum atomic E-state index is 10.3. The molecule has 0 aliphatic carbocycles. The molecule has 2 N–H and O–H groups in total. The zero-order chi connectivity index (χ0) is 24.2. The van der Waals surface area contributed by atoms with Crippen LogP contribution in [0, 0.1) is 0 Å². The lowest BCUT2D eigenvalue weighted by atomic mass is 10.3. The summed E-state index contributed by atoms with van der Waals surface area (Å²) < 4.78 is 21.8. The maximum absolute atomic E-state index is 10.3. The van der Waals surface area contributed by atoms with Crippen molar-refractivity contribution in [3.63, 3.8) is 0 Å². The summed E-state index contributed by atoms with van der Waals surface area (Å²) in [7, 11) is 3.27. The number of thioether (sulfide) groups is 2. The van der Waals surface area contributed by atoms with Crippen molar-refractivity contribution in [1.82, 2.24) is 0 Å². The second-order valence-corrected chi connectivity index (χ2v) is 9.56. The van der Waals surface area contributed by atoms with E-state index in [1.54, 1.807) is 43.8 Å². The van der Waals surface area contributed by atoms with Crippen molar-refractivity contribution in [2.75, 3.05) is 38.9 Å². The third-order valence-electron chi connectivity index (χ3n) is 4.69. The molecule has 3 aromatic carbocycles. The number of methoxy groups -OCH3 is 2. The quantitative estimate of drug-likeness (QED) is 0.305. The average Bonchev–Trinajstić information content (AvgIpc) is 2.89. The molecular weight excluding hydrogens is 472 g/mol. The first-order chi connectivity index (χ1) is 16.6. The Kier molecular flexibility index (Phi) is 10.8. The van der Waals surface area contributed by atoms with E-state index in [0.29, 0.717) is 23.0 Å². The zero-order valence-corrected chi connectivity index (χ0v) is 20.9. The predicted octanol–water partition coefficient (Wildman–Crippen LogP) is 4.77. The van der Waals surface area contributed by atoms with E-state index in [9.17, 15) is 10.2 Å². The molecule has 0 spiro atoms. The molecule has 0 bridgehead atoms. The molecule has 0 aliphatic rings. The van der Waals surface area contributed by atoms with Gasteiger partial charge >= 0.3 is 0 Å². The highest BCUT2D eigenvalue weighted by Crippen LogP contribution is 2.24. The van der Waals surface area contributed by atoms with Gasteiger partial charge < -0.3 is 29.2 Å². The summed E-state index contributed by atoms with van der Waals surface area (Å²) in [5.41, 5.74) is 0. The summed E-state index contributed by atoms with van der Waals surface area (Å²) in [5, 5.41) is 20.5. The predicted molar refractivity (Wildman–Crippen MR) is 137 cm³/mol. The Morgan fingerprint density at radius 3 is 1.41 bits per heavy atom. The van der Waals surface area contributed by atoms with E-state index >= 15 is 0 Å². The number of hydrogen-bond acceptors (Lipinski definition) is 8. The molecule has 182 valence electrons. The van der Waals surface area contributed by atoms with E-state index in [1.807, 2.05) is 66.7 Å². The monoisotopic (exact) mass is 502 g/mol. The van der Waals surface area contributed by atoms with Gasteiger partial charge in [-0.05, 0) is 60.7 Å². The van der Waals surface area contributed by atoms with Crippen molar-refractivity contribution in [2.24, 2.45) is 0 Å². The average molecular weight is 503 g/mol. The Morgan fingerprint density at radius 1 is 0.618 bits per heavy atom. The van der Waals surface area contributed by atoms with Gasteiger partial charge in [0.05, 0.1) is 26.4 Å². The normalized spacial score (nSPS) is 12.6. The van der Waals surface area contributed by atoms with Crippen molar-refractivity contribution in [3.8, 4) is 23.0 Å². The van der Waals surface area contributed by atoms with Gasteiger partial charge in [-0.25, -0.2) is 0 Å². The van der Waals surface area contributed by atoms with Gasteiger partial charge in [0, 0.05) is 27.4 Å². The molecule has 0 aromatic heterocycles. The lowest BCUT2D eigenvalue weighted by molar-refractivity contribution is 0.122. The van der Waals surface area contributed by atoms with Crippen molar-refractivity contribution in [1.29, 1.82) is 0 Å².